The zero-order chi connectivity index (χ0) is 16.3. The van der Waals surface area contributed by atoms with Crippen LogP contribution in [0.5, 0.6) is 0 Å². The Morgan fingerprint density at radius 2 is 2.14 bits per heavy atom. The van der Waals surface area contributed by atoms with E-state index in [0.717, 1.165) is 25.1 Å². The Kier molecular flexibility index (Phi) is 5.76. The summed E-state index contributed by atoms with van der Waals surface area (Å²) in [6, 6.07) is 5.38. The van der Waals surface area contributed by atoms with Gasteiger partial charge in [0.15, 0.2) is 0 Å². The van der Waals surface area contributed by atoms with Crippen molar-refractivity contribution in [3.8, 4) is 0 Å². The second-order valence-electron chi connectivity index (χ2n) is 6.77. The molecule has 0 saturated carbocycles. The fourth-order valence-corrected chi connectivity index (χ4v) is 3.81. The second-order valence-corrected chi connectivity index (χ2v) is 7.62. The third-order valence-corrected chi connectivity index (χ3v) is 4.80. The topological polar surface area (TPSA) is 32.3 Å². The van der Waals surface area contributed by atoms with Gasteiger partial charge in [0.1, 0.15) is 0 Å². The Bertz CT molecular complexity index is 545. The maximum absolute atomic E-state index is 12.4. The zero-order valence-electron chi connectivity index (χ0n) is 13.5. The van der Waals surface area contributed by atoms with Crippen LogP contribution in [0.15, 0.2) is 18.2 Å². The van der Waals surface area contributed by atoms with E-state index in [-0.39, 0.29) is 5.91 Å². The average Bonchev–Trinajstić information content (AvgIpc) is 2.36. The number of rotatable bonds is 4. The quantitative estimate of drug-likeness (QED) is 0.894. The molecule has 122 valence electrons. The molecule has 1 saturated heterocycles. The molecule has 0 aliphatic carbocycles. The van der Waals surface area contributed by atoms with Crippen LogP contribution in [0.2, 0.25) is 10.0 Å². The van der Waals surface area contributed by atoms with Crippen LogP contribution < -0.4 is 5.32 Å². The first-order chi connectivity index (χ1) is 10.3. The van der Waals surface area contributed by atoms with Gasteiger partial charge in [-0.3, -0.25) is 4.79 Å². The molecule has 2 rings (SSSR count). The van der Waals surface area contributed by atoms with E-state index >= 15 is 0 Å². The van der Waals surface area contributed by atoms with Crippen molar-refractivity contribution in [1.29, 1.82) is 0 Å². The molecular formula is C17H24Cl2N2O. The molecule has 0 aromatic heterocycles. The third kappa shape index (κ3) is 4.61. The van der Waals surface area contributed by atoms with Gasteiger partial charge in [0.2, 0.25) is 5.91 Å². The normalized spacial score (nSPS) is 20.0. The molecule has 22 heavy (non-hydrogen) atoms. The van der Waals surface area contributed by atoms with E-state index in [9.17, 15) is 4.79 Å². The summed E-state index contributed by atoms with van der Waals surface area (Å²) in [6.07, 6.45) is 2.86. The number of likely N-dealkylation sites (tertiary alicyclic amines) is 1. The molecule has 1 aliphatic rings. The lowest BCUT2D eigenvalue weighted by Gasteiger charge is -2.32. The van der Waals surface area contributed by atoms with Gasteiger partial charge in [0, 0.05) is 23.0 Å². The van der Waals surface area contributed by atoms with Gasteiger partial charge in [-0.25, -0.2) is 0 Å². The van der Waals surface area contributed by atoms with Crippen molar-refractivity contribution >= 4 is 29.1 Å². The Balaban J connectivity index is 1.99. The predicted molar refractivity (Wildman–Crippen MR) is 92.5 cm³/mol. The van der Waals surface area contributed by atoms with Crippen LogP contribution in [0, 0.1) is 5.92 Å². The molecule has 1 aliphatic heterocycles. The van der Waals surface area contributed by atoms with E-state index in [4.69, 9.17) is 23.2 Å². The van der Waals surface area contributed by atoms with Crippen LogP contribution in [0.4, 0.5) is 0 Å². The van der Waals surface area contributed by atoms with Gasteiger partial charge < -0.3 is 10.2 Å². The van der Waals surface area contributed by atoms with E-state index in [1.165, 1.54) is 6.42 Å². The maximum Gasteiger partial charge on any atom is 0.220 e. The Morgan fingerprint density at radius 3 is 2.77 bits per heavy atom. The Hall–Kier alpha value is -0.770. The molecule has 1 amide bonds. The summed E-state index contributed by atoms with van der Waals surface area (Å²) < 4.78 is 0. The molecule has 0 bridgehead atoms. The number of piperidine rings is 1. The minimum Gasteiger partial charge on any atom is -0.347 e. The molecule has 3 nitrogen and oxygen atoms in total. The summed E-state index contributed by atoms with van der Waals surface area (Å²) in [5.41, 5.74) is 0.368. The lowest BCUT2D eigenvalue weighted by molar-refractivity contribution is -0.124. The van der Waals surface area contributed by atoms with Crippen molar-refractivity contribution in [3.63, 3.8) is 0 Å². The molecule has 1 N–H and O–H groups in total. The van der Waals surface area contributed by atoms with Crippen molar-refractivity contribution in [2.24, 2.45) is 5.92 Å². The number of hydrogen-bond acceptors (Lipinski definition) is 2. The Morgan fingerprint density at radius 1 is 1.41 bits per heavy atom. The van der Waals surface area contributed by atoms with Crippen LogP contribution >= 0.6 is 23.2 Å². The van der Waals surface area contributed by atoms with Gasteiger partial charge in [-0.05, 0) is 63.9 Å². The van der Waals surface area contributed by atoms with Crippen molar-refractivity contribution in [2.75, 3.05) is 20.1 Å². The van der Waals surface area contributed by atoms with Crippen LogP contribution in [0.25, 0.3) is 0 Å². The number of nitrogens with zero attached hydrogens (tertiary/aromatic N) is 1. The number of nitrogens with one attached hydrogen (secondary N) is 1. The van der Waals surface area contributed by atoms with Crippen molar-refractivity contribution in [2.45, 2.75) is 38.6 Å². The first kappa shape index (κ1) is 17.6. The summed E-state index contributed by atoms with van der Waals surface area (Å²) >= 11 is 12.2. The molecule has 1 aromatic rings. The lowest BCUT2D eigenvalue weighted by Crippen LogP contribution is -2.43. The largest absolute Gasteiger partial charge is 0.347 e. The Labute approximate surface area is 143 Å². The number of halogens is 2. The van der Waals surface area contributed by atoms with Crippen molar-refractivity contribution in [3.05, 3.63) is 33.8 Å². The minimum absolute atomic E-state index is 0.0799. The van der Waals surface area contributed by atoms with Gasteiger partial charge in [0.05, 0.1) is 5.54 Å². The summed E-state index contributed by atoms with van der Waals surface area (Å²) in [5, 5.41) is 4.29. The van der Waals surface area contributed by atoms with E-state index in [0.29, 0.717) is 22.4 Å². The minimum atomic E-state index is -0.515. The zero-order valence-corrected chi connectivity index (χ0v) is 15.0. The van der Waals surface area contributed by atoms with Gasteiger partial charge >= 0.3 is 0 Å². The van der Waals surface area contributed by atoms with Crippen LogP contribution in [-0.2, 0) is 10.3 Å². The van der Waals surface area contributed by atoms with E-state index in [2.05, 4.69) is 17.3 Å². The fraction of sp³-hybridized carbons (Fsp3) is 0.588. The number of benzene rings is 1. The molecule has 0 radical (unpaired) electrons. The first-order valence-corrected chi connectivity index (χ1v) is 8.48. The van der Waals surface area contributed by atoms with Gasteiger partial charge in [0.25, 0.3) is 0 Å². The smallest absolute Gasteiger partial charge is 0.220 e. The molecule has 0 unspecified atom stereocenters. The van der Waals surface area contributed by atoms with Crippen LogP contribution in [0.1, 0.15) is 38.7 Å². The number of carbonyl (C=O) groups is 1. The van der Waals surface area contributed by atoms with Gasteiger partial charge in [-0.2, -0.15) is 0 Å². The van der Waals surface area contributed by atoms with Gasteiger partial charge in [-0.1, -0.05) is 29.3 Å². The van der Waals surface area contributed by atoms with Crippen molar-refractivity contribution in [1.82, 2.24) is 10.2 Å². The summed E-state index contributed by atoms with van der Waals surface area (Å²) in [5.74, 6) is 0.520. The van der Waals surface area contributed by atoms with Crippen LogP contribution in [0.3, 0.4) is 0 Å². The highest BCUT2D eigenvalue weighted by Gasteiger charge is 2.27. The summed E-state index contributed by atoms with van der Waals surface area (Å²) in [4.78, 5) is 14.7. The molecule has 5 heteroatoms. The molecule has 1 fully saturated rings. The second kappa shape index (κ2) is 7.20. The van der Waals surface area contributed by atoms with Crippen molar-refractivity contribution < 1.29 is 4.79 Å². The number of carbonyl (C=O) groups excluding carboxylic acids is 1. The van der Waals surface area contributed by atoms with Gasteiger partial charge in [-0.15, -0.1) is 0 Å². The molecular weight excluding hydrogens is 319 g/mol. The summed E-state index contributed by atoms with van der Waals surface area (Å²) in [6.45, 7) is 6.06. The lowest BCUT2D eigenvalue weighted by atomic mass is 9.91. The highest BCUT2D eigenvalue weighted by Crippen LogP contribution is 2.30. The fourth-order valence-electron chi connectivity index (χ4n) is 3.17. The molecule has 1 aromatic carbocycles. The molecule has 1 heterocycles. The maximum atomic E-state index is 12.4. The highest BCUT2D eigenvalue weighted by molar-refractivity contribution is 6.35. The monoisotopic (exact) mass is 342 g/mol. The first-order valence-electron chi connectivity index (χ1n) is 7.73. The highest BCUT2D eigenvalue weighted by atomic mass is 35.5. The van der Waals surface area contributed by atoms with E-state index < -0.39 is 5.54 Å². The average molecular weight is 343 g/mol. The summed E-state index contributed by atoms with van der Waals surface area (Å²) in [7, 11) is 2.11. The van der Waals surface area contributed by atoms with E-state index in [1.807, 2.05) is 19.9 Å². The van der Waals surface area contributed by atoms with Crippen LogP contribution in [-0.4, -0.2) is 30.9 Å². The SMILES string of the molecule is CN1CCC[C@@H](CC(=O)NC(C)(C)c2ccc(Cl)cc2Cl)C1. The number of hydrogen-bond donors (Lipinski definition) is 1. The molecule has 1 atom stereocenters. The number of amides is 1. The third-order valence-electron chi connectivity index (χ3n) is 4.25. The predicted octanol–water partition coefficient (Wildman–Crippen LogP) is 4.08. The molecule has 0 spiro atoms. The standard InChI is InChI=1S/C17H24Cl2N2O/c1-17(2,14-7-6-13(18)10-15(14)19)20-16(22)9-12-5-4-8-21(3)11-12/h6-7,10,12H,4-5,8-9,11H2,1-3H3,(H,20,22)/t12-/m0/s1. The van der Waals surface area contributed by atoms with E-state index in [1.54, 1.807) is 12.1 Å².